The number of rotatable bonds is 3. The minimum absolute atomic E-state index is 0.0576. The van der Waals surface area contributed by atoms with Crippen molar-refractivity contribution in [2.24, 2.45) is 0 Å². The van der Waals surface area contributed by atoms with E-state index in [0.29, 0.717) is 109 Å². The summed E-state index contributed by atoms with van der Waals surface area (Å²) in [5.74, 6) is 0. The summed E-state index contributed by atoms with van der Waals surface area (Å²) >= 11 is 1.32. The van der Waals surface area contributed by atoms with Gasteiger partial charge < -0.3 is 18.0 Å². The number of furan rings is 2. The first kappa shape index (κ1) is 44.9. The van der Waals surface area contributed by atoms with Crippen molar-refractivity contribution in [2.45, 2.75) is 9.79 Å². The van der Waals surface area contributed by atoms with E-state index in [1.54, 1.807) is 0 Å². The number of nitrogens with zero attached hydrogens (tertiary/aromatic N) is 2. The highest BCUT2D eigenvalue weighted by Crippen LogP contribution is 2.45. The average Bonchev–Trinajstić information content (AvgIpc) is 4.18. The maximum absolute atomic E-state index is 7.70. The standard InChI is InChI=1S/C54H14B15N2O2S/c55-31-24(20-9-5-8-19-17-7-2-4-11-22(17)73-52(19)20)34(58)41(65)47-27(31)28-32(56)25(35(59)42(66)48(28)70(47)15-12-13-18-16-6-1-3-10-21(16)72-23(18)14-15)26-33(57)29-30-36(60)38(62)43(67)53-50(30)71-49(29)45(37(26)61)69-46-40(64)39(63)44(68)54(74-53)51(46)71/h1-14H. The lowest BCUT2D eigenvalue weighted by atomic mass is 9.50. The van der Waals surface area contributed by atoms with Gasteiger partial charge in [-0.25, -0.2) is 0 Å². The lowest BCUT2D eigenvalue weighted by molar-refractivity contribution is 0.668. The summed E-state index contributed by atoms with van der Waals surface area (Å²) in [5, 5.41) is 5.47. The summed E-state index contributed by atoms with van der Waals surface area (Å²) in [7, 11) is 102. The van der Waals surface area contributed by atoms with Gasteiger partial charge in [0.1, 0.15) is 132 Å². The molecule has 0 atom stereocenters. The average molecular weight is 917 g/mol. The van der Waals surface area contributed by atoms with Crippen LogP contribution in [0.4, 0.5) is 0 Å². The number of benzene rings is 9. The van der Waals surface area contributed by atoms with Crippen molar-refractivity contribution in [3.05, 3.63) is 84.9 Å². The highest BCUT2D eigenvalue weighted by Gasteiger charge is 2.37. The molecule has 0 N–H and O–H groups in total. The third-order valence-corrected chi connectivity index (χ3v) is 16.8. The summed E-state index contributed by atoms with van der Waals surface area (Å²) in [5.41, 5.74) is 11.1. The van der Waals surface area contributed by atoms with Gasteiger partial charge in [0.05, 0.1) is 11.2 Å². The van der Waals surface area contributed by atoms with Gasteiger partial charge in [0.25, 0.3) is 0 Å². The molecule has 0 fully saturated rings. The van der Waals surface area contributed by atoms with E-state index in [1.807, 2.05) is 101 Å². The van der Waals surface area contributed by atoms with Gasteiger partial charge in [-0.3, -0.25) is 0 Å². The summed E-state index contributed by atoms with van der Waals surface area (Å²) in [6.45, 7) is 0. The van der Waals surface area contributed by atoms with Crippen LogP contribution < -0.4 is 87.4 Å². The number of fused-ring (bicyclic) bond motifs is 10. The van der Waals surface area contributed by atoms with Crippen LogP contribution in [0, 0.1) is 0 Å². The van der Waals surface area contributed by atoms with Gasteiger partial charge in [-0.05, 0) is 41.0 Å². The van der Waals surface area contributed by atoms with E-state index in [0.717, 1.165) is 21.5 Å². The van der Waals surface area contributed by atoms with E-state index >= 15 is 0 Å². The Morgan fingerprint density at radius 3 is 1.61 bits per heavy atom. The van der Waals surface area contributed by atoms with Crippen LogP contribution in [0.5, 0.6) is 0 Å². The summed E-state index contributed by atoms with van der Waals surface area (Å²) in [6, 6.07) is 27.2. The van der Waals surface area contributed by atoms with Gasteiger partial charge in [0, 0.05) is 86.7 Å². The Bertz CT molecular complexity index is 4920. The molecule has 4 aromatic heterocycles. The first-order chi connectivity index (χ1) is 35.6. The zero-order valence-corrected chi connectivity index (χ0v) is 39.7. The Kier molecular flexibility index (Phi) is 9.17. The Morgan fingerprint density at radius 2 is 0.905 bits per heavy atom. The number of para-hydroxylation sites is 3. The summed E-state index contributed by atoms with van der Waals surface area (Å²) < 4.78 is 16.8. The number of hydrogen-bond donors (Lipinski definition) is 0. The van der Waals surface area contributed by atoms with Crippen molar-refractivity contribution < 1.29 is 8.83 Å². The highest BCUT2D eigenvalue weighted by molar-refractivity contribution is 8.00. The molecule has 0 spiro atoms. The van der Waals surface area contributed by atoms with Crippen LogP contribution in [0.2, 0.25) is 0 Å². The fraction of sp³-hybridized carbons (Fsp3) is 0. The van der Waals surface area contributed by atoms with Crippen LogP contribution in [0.25, 0.3) is 121 Å². The van der Waals surface area contributed by atoms with Crippen molar-refractivity contribution in [1.82, 2.24) is 9.13 Å². The third kappa shape index (κ3) is 5.31. The molecule has 20 heteroatoms. The lowest BCUT2D eigenvalue weighted by Gasteiger charge is -2.34. The minimum Gasteiger partial charge on any atom is -0.456 e. The molecule has 0 amide bonds. The molecular formula is C54H14B15N2O2S. The predicted octanol–water partition coefficient (Wildman–Crippen LogP) is -3.44. The smallest absolute Gasteiger partial charge is 0.195 e. The van der Waals surface area contributed by atoms with Gasteiger partial charge in [0.15, 0.2) is 7.28 Å². The molecule has 0 bridgehead atoms. The van der Waals surface area contributed by atoms with Crippen molar-refractivity contribution in [1.29, 1.82) is 0 Å². The molecule has 0 aliphatic carbocycles. The van der Waals surface area contributed by atoms with Crippen LogP contribution in [0.3, 0.4) is 0 Å². The first-order valence-corrected chi connectivity index (χ1v) is 24.1. The highest BCUT2D eigenvalue weighted by atomic mass is 32.2. The molecule has 0 saturated heterocycles. The number of hydrogen-bond acceptors (Lipinski definition) is 3. The molecular weight excluding hydrogens is 903 g/mol. The molecule has 29 radical (unpaired) electrons. The van der Waals surface area contributed by atoms with Gasteiger partial charge in [0.2, 0.25) is 0 Å². The van der Waals surface area contributed by atoms with E-state index in [2.05, 4.69) is 0 Å². The largest absolute Gasteiger partial charge is 0.456 e. The second-order valence-electron chi connectivity index (χ2n) is 19.1. The Balaban J connectivity index is 1.11. The van der Waals surface area contributed by atoms with E-state index in [9.17, 15) is 0 Å². The Hall–Kier alpha value is -6.50. The predicted molar refractivity (Wildman–Crippen MR) is 325 cm³/mol. The molecule has 2 aliphatic rings. The summed E-state index contributed by atoms with van der Waals surface area (Å²) in [6.07, 6.45) is 0. The van der Waals surface area contributed by atoms with Crippen LogP contribution in [0.15, 0.2) is 104 Å². The third-order valence-electron chi connectivity index (χ3n) is 15.6. The quantitative estimate of drug-likeness (QED) is 0.174. The minimum atomic E-state index is 0.0576. The van der Waals surface area contributed by atoms with E-state index in [1.165, 1.54) is 11.8 Å². The molecule has 15 rings (SSSR count). The van der Waals surface area contributed by atoms with Gasteiger partial charge in [-0.15, -0.1) is 16.4 Å². The van der Waals surface area contributed by atoms with Crippen LogP contribution >= 0.6 is 11.8 Å². The van der Waals surface area contributed by atoms with Crippen LogP contribution in [-0.4, -0.2) is 126 Å². The van der Waals surface area contributed by atoms with E-state index < -0.39 is 0 Å². The molecule has 2 aliphatic heterocycles. The molecule has 74 heavy (non-hydrogen) atoms. The van der Waals surface area contributed by atoms with Gasteiger partial charge >= 0.3 is 0 Å². The van der Waals surface area contributed by atoms with E-state index in [4.69, 9.17) is 119 Å². The SMILES string of the molecule is [B]c1c([B])c2c3c(c1[B])Sc1c([B])c([B])c([B])c4c5c([B])c(-c6c([B])c([B])c7c(c6[B])c6c([B])c(-c8cccc9c8oc8ccccc89)c([B])c([B])c6n7-c6ccc7c(c6)oc6ccccc67)c([B])c(c5n-3c14)[B]2. The fourth-order valence-electron chi connectivity index (χ4n) is 12.2. The van der Waals surface area contributed by atoms with Gasteiger partial charge in [-0.2, -0.15) is 0 Å². The summed E-state index contributed by atoms with van der Waals surface area (Å²) in [4.78, 5) is 1.23. The molecule has 0 saturated carbocycles. The lowest BCUT2D eigenvalue weighted by Crippen LogP contribution is -2.58. The van der Waals surface area contributed by atoms with Crippen LogP contribution in [-0.2, 0) is 0 Å². The molecule has 303 valence electrons. The zero-order chi connectivity index (χ0) is 51.0. The molecule has 6 heterocycles. The molecule has 13 aromatic rings. The zero-order valence-electron chi connectivity index (χ0n) is 38.9. The normalized spacial score (nSPS) is 12.9. The monoisotopic (exact) mass is 919 g/mol. The van der Waals surface area contributed by atoms with Crippen molar-refractivity contribution in [2.75, 3.05) is 0 Å². The Labute approximate surface area is 447 Å². The van der Waals surface area contributed by atoms with Crippen molar-refractivity contribution in [3.63, 3.8) is 0 Å². The Morgan fingerprint density at radius 1 is 0.365 bits per heavy atom. The molecule has 4 nitrogen and oxygen atoms in total. The second-order valence-corrected chi connectivity index (χ2v) is 20.1. The van der Waals surface area contributed by atoms with Crippen LogP contribution in [0.1, 0.15) is 0 Å². The van der Waals surface area contributed by atoms with Gasteiger partial charge in [-0.1, -0.05) is 137 Å². The first-order valence-electron chi connectivity index (χ1n) is 23.3. The maximum atomic E-state index is 7.70. The van der Waals surface area contributed by atoms with E-state index in [-0.39, 0.29) is 87.6 Å². The van der Waals surface area contributed by atoms with Crippen molar-refractivity contribution >= 4 is 304 Å². The molecule has 0 unspecified atom stereocenters. The fourth-order valence-corrected chi connectivity index (χ4v) is 13.4. The second kappa shape index (κ2) is 15.1. The topological polar surface area (TPSA) is 36.1 Å². The van der Waals surface area contributed by atoms with Crippen molar-refractivity contribution in [3.8, 4) is 33.6 Å². The maximum Gasteiger partial charge on any atom is 0.195 e. The number of aromatic nitrogens is 2. The molecule has 9 aromatic carbocycles.